The van der Waals surface area contributed by atoms with E-state index in [-0.39, 0.29) is 11.4 Å². The highest BCUT2D eigenvalue weighted by Gasteiger charge is 2.33. The molecule has 0 bridgehead atoms. The van der Waals surface area contributed by atoms with Gasteiger partial charge in [-0.15, -0.1) is 0 Å². The lowest BCUT2D eigenvalue weighted by Crippen LogP contribution is -2.50. The number of benzene rings is 2. The first-order valence-corrected chi connectivity index (χ1v) is 10.6. The van der Waals surface area contributed by atoms with Crippen LogP contribution in [-0.2, 0) is 11.3 Å². The molecule has 0 unspecified atom stereocenters. The average Bonchev–Trinajstić information content (AvgIpc) is 2.80. The van der Waals surface area contributed by atoms with Gasteiger partial charge in [-0.05, 0) is 55.5 Å². The lowest BCUT2D eigenvalue weighted by molar-refractivity contribution is -0.114. The number of anilines is 1. The Balaban J connectivity index is 1.58. The largest absolute Gasteiger partial charge is 0.380 e. The topological polar surface area (TPSA) is 127 Å². The first kappa shape index (κ1) is 23.1. The number of hydrogen-bond acceptors (Lipinski definition) is 5. The summed E-state index contributed by atoms with van der Waals surface area (Å²) in [6.07, 6.45) is 5.95. The van der Waals surface area contributed by atoms with Gasteiger partial charge in [-0.3, -0.25) is 10.2 Å². The molecule has 0 saturated heterocycles. The molecule has 2 aromatic carbocycles. The lowest BCUT2D eigenvalue weighted by Gasteiger charge is -2.38. The number of carbonyl (C=O) groups is 1. The van der Waals surface area contributed by atoms with Crippen LogP contribution < -0.4 is 21.7 Å². The molecule has 7 nitrogen and oxygen atoms in total. The summed E-state index contributed by atoms with van der Waals surface area (Å²) in [5, 5.41) is 25.6. The van der Waals surface area contributed by atoms with Crippen molar-refractivity contribution in [3.63, 3.8) is 0 Å². The van der Waals surface area contributed by atoms with Crippen molar-refractivity contribution in [2.45, 2.75) is 43.8 Å². The SMILES string of the molecule is N=C[C@]1(N/C=C(\C(=N)Nc2ccc(F)cc2)C(N)=O)CC[C@@H](NCc2ccccc2)CC1. The van der Waals surface area contributed by atoms with Crippen LogP contribution in [0.4, 0.5) is 10.1 Å². The smallest absolute Gasteiger partial charge is 0.253 e. The van der Waals surface area contributed by atoms with Crippen LogP contribution in [-0.4, -0.2) is 29.5 Å². The van der Waals surface area contributed by atoms with Gasteiger partial charge in [0.25, 0.3) is 5.91 Å². The minimum absolute atomic E-state index is 0.0418. The van der Waals surface area contributed by atoms with Crippen LogP contribution in [0.25, 0.3) is 0 Å². The monoisotopic (exact) mass is 436 g/mol. The van der Waals surface area contributed by atoms with Gasteiger partial charge in [0, 0.05) is 30.7 Å². The second-order valence-electron chi connectivity index (χ2n) is 8.01. The highest BCUT2D eigenvalue weighted by atomic mass is 19.1. The van der Waals surface area contributed by atoms with Crippen molar-refractivity contribution < 1.29 is 9.18 Å². The maximum atomic E-state index is 13.1. The van der Waals surface area contributed by atoms with Gasteiger partial charge in [0.15, 0.2) is 0 Å². The Morgan fingerprint density at radius 1 is 1.12 bits per heavy atom. The van der Waals surface area contributed by atoms with Gasteiger partial charge >= 0.3 is 0 Å². The van der Waals surface area contributed by atoms with Crippen LogP contribution in [0.1, 0.15) is 31.2 Å². The van der Waals surface area contributed by atoms with Crippen molar-refractivity contribution in [3.05, 3.63) is 77.8 Å². The Kier molecular flexibility index (Phi) is 7.72. The summed E-state index contributed by atoms with van der Waals surface area (Å²) in [5.41, 5.74) is 6.54. The molecule has 0 aromatic heterocycles. The molecule has 168 valence electrons. The van der Waals surface area contributed by atoms with Crippen molar-refractivity contribution in [3.8, 4) is 0 Å². The molecule has 2 aromatic rings. The Morgan fingerprint density at radius 3 is 2.38 bits per heavy atom. The predicted octanol–water partition coefficient (Wildman–Crippen LogP) is 3.29. The van der Waals surface area contributed by atoms with Gasteiger partial charge < -0.3 is 27.1 Å². The maximum Gasteiger partial charge on any atom is 0.253 e. The van der Waals surface area contributed by atoms with Gasteiger partial charge in [-0.2, -0.15) is 0 Å². The Hall–Kier alpha value is -3.52. The fraction of sp³-hybridized carbons (Fsp3) is 0.292. The van der Waals surface area contributed by atoms with Crippen LogP contribution in [0.15, 0.2) is 66.4 Å². The van der Waals surface area contributed by atoms with Crippen molar-refractivity contribution in [2.24, 2.45) is 5.73 Å². The average molecular weight is 437 g/mol. The number of halogens is 1. The molecule has 0 radical (unpaired) electrons. The molecule has 1 saturated carbocycles. The molecule has 3 rings (SSSR count). The van der Waals surface area contributed by atoms with Gasteiger partial charge in [-0.25, -0.2) is 4.39 Å². The Morgan fingerprint density at radius 2 is 1.78 bits per heavy atom. The number of carbonyl (C=O) groups excluding carboxylic acids is 1. The summed E-state index contributed by atoms with van der Waals surface area (Å²) in [6.45, 7) is 0.800. The fourth-order valence-corrected chi connectivity index (χ4v) is 3.75. The Bertz CT molecular complexity index is 966. The number of rotatable bonds is 9. The van der Waals surface area contributed by atoms with E-state index < -0.39 is 17.3 Å². The second kappa shape index (κ2) is 10.7. The summed E-state index contributed by atoms with van der Waals surface area (Å²) >= 11 is 0. The fourth-order valence-electron chi connectivity index (χ4n) is 3.75. The number of hydrogen-bond donors (Lipinski definition) is 6. The molecule has 0 atom stereocenters. The van der Waals surface area contributed by atoms with E-state index in [0.29, 0.717) is 24.6 Å². The first-order valence-electron chi connectivity index (χ1n) is 10.6. The summed E-state index contributed by atoms with van der Waals surface area (Å²) in [5.74, 6) is -1.36. The van der Waals surface area contributed by atoms with E-state index in [1.807, 2.05) is 18.2 Å². The third-order valence-corrected chi connectivity index (χ3v) is 5.74. The minimum atomic E-state index is -0.768. The normalized spacial score (nSPS) is 20.9. The summed E-state index contributed by atoms with van der Waals surface area (Å²) in [7, 11) is 0. The number of nitrogens with two attached hydrogens (primary N) is 1. The molecule has 1 aliphatic rings. The van der Waals surface area contributed by atoms with E-state index in [9.17, 15) is 9.18 Å². The molecule has 7 N–H and O–H groups in total. The third-order valence-electron chi connectivity index (χ3n) is 5.74. The summed E-state index contributed by atoms with van der Waals surface area (Å²) in [4.78, 5) is 11.9. The minimum Gasteiger partial charge on any atom is -0.380 e. The van der Waals surface area contributed by atoms with Gasteiger partial charge in [0.1, 0.15) is 11.7 Å². The first-order chi connectivity index (χ1) is 15.4. The van der Waals surface area contributed by atoms with E-state index >= 15 is 0 Å². The zero-order valence-electron chi connectivity index (χ0n) is 17.8. The maximum absolute atomic E-state index is 13.1. The zero-order valence-corrected chi connectivity index (χ0v) is 17.8. The molecule has 1 amide bonds. The molecule has 0 spiro atoms. The van der Waals surface area contributed by atoms with Crippen molar-refractivity contribution in [1.29, 1.82) is 10.8 Å². The number of amides is 1. The van der Waals surface area contributed by atoms with Crippen LogP contribution >= 0.6 is 0 Å². The summed E-state index contributed by atoms with van der Waals surface area (Å²) < 4.78 is 13.1. The van der Waals surface area contributed by atoms with E-state index in [1.54, 1.807) is 0 Å². The third kappa shape index (κ3) is 6.24. The van der Waals surface area contributed by atoms with E-state index in [0.717, 1.165) is 19.4 Å². The molecule has 1 aliphatic carbocycles. The molecular weight excluding hydrogens is 407 g/mol. The zero-order chi connectivity index (χ0) is 23.0. The van der Waals surface area contributed by atoms with Crippen LogP contribution in [0.3, 0.4) is 0 Å². The van der Waals surface area contributed by atoms with Gasteiger partial charge in [0.2, 0.25) is 0 Å². The second-order valence-corrected chi connectivity index (χ2v) is 8.01. The molecule has 8 heteroatoms. The van der Waals surface area contributed by atoms with E-state index in [4.69, 9.17) is 16.6 Å². The number of primary amides is 1. The standard InChI is InChI=1S/C24H29FN6O/c25-18-6-8-20(9-7-18)31-22(27)21(23(28)32)15-30-24(16-26)12-10-19(11-13-24)29-14-17-4-2-1-3-5-17/h1-9,15-16,19,26,29-30H,10-14H2,(H2,27,31)(H2,28,32)/b21-15+,26-16?/t19-,24+. The quantitative estimate of drug-likeness (QED) is 0.205. The van der Waals surface area contributed by atoms with Crippen molar-refractivity contribution >= 4 is 23.6 Å². The predicted molar refractivity (Wildman–Crippen MR) is 125 cm³/mol. The van der Waals surface area contributed by atoms with Crippen LogP contribution in [0, 0.1) is 16.6 Å². The molecule has 0 heterocycles. The van der Waals surface area contributed by atoms with Crippen LogP contribution in [0.5, 0.6) is 0 Å². The lowest BCUT2D eigenvalue weighted by atomic mass is 9.80. The molecule has 0 aliphatic heterocycles. The molecule has 32 heavy (non-hydrogen) atoms. The van der Waals surface area contributed by atoms with Crippen molar-refractivity contribution in [1.82, 2.24) is 10.6 Å². The number of nitrogens with one attached hydrogen (secondary N) is 5. The van der Waals surface area contributed by atoms with E-state index in [1.165, 1.54) is 42.2 Å². The highest BCUT2D eigenvalue weighted by molar-refractivity contribution is 6.23. The summed E-state index contributed by atoms with van der Waals surface area (Å²) in [6, 6.07) is 16.0. The van der Waals surface area contributed by atoms with E-state index in [2.05, 4.69) is 28.1 Å². The highest BCUT2D eigenvalue weighted by Crippen LogP contribution is 2.27. The van der Waals surface area contributed by atoms with Crippen molar-refractivity contribution in [2.75, 3.05) is 5.32 Å². The Labute approximate surface area is 187 Å². The van der Waals surface area contributed by atoms with Gasteiger partial charge in [0.05, 0.1) is 11.1 Å². The van der Waals surface area contributed by atoms with Gasteiger partial charge in [-0.1, -0.05) is 30.3 Å². The molecular formula is C24H29FN6O. The number of amidine groups is 1. The molecule has 1 fully saturated rings. The van der Waals surface area contributed by atoms with Crippen LogP contribution in [0.2, 0.25) is 0 Å².